The number of unbranched alkanes of at least 4 members (excludes halogenated alkanes) is 1. The molecule has 200 valence electrons. The molecule has 0 spiro atoms. The van der Waals surface area contributed by atoms with Gasteiger partial charge in [0.25, 0.3) is 0 Å². The molecule has 0 aliphatic carbocycles. The first-order chi connectivity index (χ1) is 17.0. The van der Waals surface area contributed by atoms with Gasteiger partial charge >= 0.3 is 11.9 Å². The van der Waals surface area contributed by atoms with Crippen molar-refractivity contribution in [2.75, 3.05) is 13.2 Å². The summed E-state index contributed by atoms with van der Waals surface area (Å²) >= 11 is 0. The number of hydrogen-bond acceptors (Lipinski definition) is 9. The molecule has 1 aromatic carbocycles. The summed E-state index contributed by atoms with van der Waals surface area (Å²) in [5.74, 6) is -5.47. The minimum Gasteiger partial charge on any atom is -0.508 e. The van der Waals surface area contributed by atoms with Crippen LogP contribution in [-0.2, 0) is 30.4 Å². The first-order valence-corrected chi connectivity index (χ1v) is 11.2. The van der Waals surface area contributed by atoms with Crippen LogP contribution in [0.4, 0.5) is 0 Å². The van der Waals surface area contributed by atoms with Crippen LogP contribution in [0.15, 0.2) is 24.3 Å². The SMILES string of the molecule is NCCCCC(NC(=O)C(Cc1ccc(O)cc1)NC(=O)C(CO)NC(=O)C(N)CC(=O)O)C(=O)O. The van der Waals surface area contributed by atoms with Gasteiger partial charge in [0, 0.05) is 6.42 Å². The Morgan fingerprint density at radius 3 is 1.92 bits per heavy atom. The molecule has 14 heteroatoms. The molecular weight excluding hydrogens is 478 g/mol. The molecule has 0 heterocycles. The number of phenolic OH excluding ortho intramolecular Hbond substituents is 1. The number of nitrogens with two attached hydrogens (primary N) is 2. The molecule has 0 fully saturated rings. The Labute approximate surface area is 207 Å². The standard InChI is InChI=1S/C22H33N5O9/c23-8-2-1-3-15(22(35)36)25-20(33)16(9-12-4-6-13(29)7-5-12)26-21(34)17(11-28)27-19(32)14(24)10-18(30)31/h4-7,14-17,28-29H,1-3,8-11,23-24H2,(H,25,33)(H,26,34)(H,27,32)(H,30,31)(H,35,36). The predicted octanol–water partition coefficient (Wildman–Crippen LogP) is -2.60. The zero-order valence-electron chi connectivity index (χ0n) is 19.6. The molecule has 4 atom stereocenters. The topological polar surface area (TPSA) is 254 Å². The van der Waals surface area contributed by atoms with E-state index in [-0.39, 0.29) is 18.6 Å². The quantitative estimate of drug-likeness (QED) is 0.104. The monoisotopic (exact) mass is 511 g/mol. The van der Waals surface area contributed by atoms with Gasteiger partial charge in [-0.25, -0.2) is 4.79 Å². The molecule has 0 aliphatic rings. The number of phenols is 1. The Balaban J connectivity index is 3.03. The molecule has 1 aromatic rings. The maximum Gasteiger partial charge on any atom is 0.326 e. The third kappa shape index (κ3) is 10.7. The number of aromatic hydroxyl groups is 1. The van der Waals surface area contributed by atoms with Crippen LogP contribution in [0.1, 0.15) is 31.2 Å². The van der Waals surface area contributed by atoms with Crippen LogP contribution >= 0.6 is 0 Å². The van der Waals surface area contributed by atoms with Gasteiger partial charge in [0.15, 0.2) is 0 Å². The highest BCUT2D eigenvalue weighted by atomic mass is 16.4. The van der Waals surface area contributed by atoms with Crippen molar-refractivity contribution in [3.8, 4) is 5.75 Å². The third-order valence-corrected chi connectivity index (χ3v) is 5.12. The number of carbonyl (C=O) groups is 5. The molecule has 0 aliphatic heterocycles. The molecule has 14 nitrogen and oxygen atoms in total. The second-order valence-electron chi connectivity index (χ2n) is 8.06. The smallest absolute Gasteiger partial charge is 0.326 e. The van der Waals surface area contributed by atoms with Gasteiger partial charge in [-0.2, -0.15) is 0 Å². The number of amides is 3. The normalized spacial score (nSPS) is 14.1. The fourth-order valence-electron chi connectivity index (χ4n) is 3.13. The maximum absolute atomic E-state index is 13.0. The van der Waals surface area contributed by atoms with E-state index in [9.17, 15) is 39.3 Å². The molecular formula is C22H33N5O9. The third-order valence-electron chi connectivity index (χ3n) is 5.12. The van der Waals surface area contributed by atoms with Crippen LogP contribution in [-0.4, -0.2) is 87.4 Å². The summed E-state index contributed by atoms with van der Waals surface area (Å²) in [6.45, 7) is -0.536. The Kier molecular flexibility index (Phi) is 12.9. The van der Waals surface area contributed by atoms with Crippen molar-refractivity contribution in [3.05, 3.63) is 29.8 Å². The summed E-state index contributed by atoms with van der Waals surface area (Å²) in [4.78, 5) is 60.1. The van der Waals surface area contributed by atoms with Gasteiger partial charge in [0.2, 0.25) is 17.7 Å². The summed E-state index contributed by atoms with van der Waals surface area (Å²) in [6, 6.07) is 0.0984. The van der Waals surface area contributed by atoms with Gasteiger partial charge in [-0.1, -0.05) is 12.1 Å². The van der Waals surface area contributed by atoms with Crippen molar-refractivity contribution in [3.63, 3.8) is 0 Å². The summed E-state index contributed by atoms with van der Waals surface area (Å²) < 4.78 is 0. The van der Waals surface area contributed by atoms with Gasteiger partial charge in [-0.3, -0.25) is 19.2 Å². The van der Waals surface area contributed by atoms with Gasteiger partial charge < -0.3 is 47.8 Å². The van der Waals surface area contributed by atoms with E-state index in [1.165, 1.54) is 24.3 Å². The van der Waals surface area contributed by atoms with Crippen LogP contribution in [0.25, 0.3) is 0 Å². The lowest BCUT2D eigenvalue weighted by Gasteiger charge is -2.24. The molecule has 0 radical (unpaired) electrons. The molecule has 0 bridgehead atoms. The number of rotatable bonds is 16. The van der Waals surface area contributed by atoms with Gasteiger partial charge in [0.05, 0.1) is 19.1 Å². The lowest BCUT2D eigenvalue weighted by atomic mass is 10.0. The fourth-order valence-corrected chi connectivity index (χ4v) is 3.13. The number of aliphatic carboxylic acids is 2. The zero-order chi connectivity index (χ0) is 27.3. The van der Waals surface area contributed by atoms with E-state index in [0.717, 1.165) is 0 Å². The van der Waals surface area contributed by atoms with E-state index in [1.807, 2.05) is 0 Å². The number of nitrogens with one attached hydrogen (secondary N) is 3. The second kappa shape index (κ2) is 15.3. The Morgan fingerprint density at radius 1 is 0.833 bits per heavy atom. The molecule has 0 aromatic heterocycles. The lowest BCUT2D eigenvalue weighted by Crippen LogP contribution is -2.58. The summed E-state index contributed by atoms with van der Waals surface area (Å²) in [5.41, 5.74) is 11.4. The largest absolute Gasteiger partial charge is 0.508 e. The molecule has 36 heavy (non-hydrogen) atoms. The Hall–Kier alpha value is -3.75. The lowest BCUT2D eigenvalue weighted by molar-refractivity contribution is -0.142. The number of carboxylic acids is 2. The zero-order valence-corrected chi connectivity index (χ0v) is 19.6. The van der Waals surface area contributed by atoms with Crippen LogP contribution in [0.3, 0.4) is 0 Å². The molecule has 0 saturated carbocycles. The minimum absolute atomic E-state index is 0.0320. The van der Waals surface area contributed by atoms with E-state index in [0.29, 0.717) is 24.9 Å². The first-order valence-electron chi connectivity index (χ1n) is 11.2. The maximum atomic E-state index is 13.0. The molecule has 3 amide bonds. The number of aliphatic hydroxyl groups is 1. The van der Waals surface area contributed by atoms with E-state index in [4.69, 9.17) is 16.6 Å². The number of aliphatic hydroxyl groups excluding tert-OH is 1. The molecule has 0 saturated heterocycles. The number of benzene rings is 1. The molecule has 11 N–H and O–H groups in total. The highest BCUT2D eigenvalue weighted by molar-refractivity contribution is 5.94. The Bertz CT molecular complexity index is 910. The average molecular weight is 512 g/mol. The second-order valence-corrected chi connectivity index (χ2v) is 8.06. The van der Waals surface area contributed by atoms with Crippen LogP contribution in [0.5, 0.6) is 5.75 Å². The summed E-state index contributed by atoms with van der Waals surface area (Å²) in [6.07, 6.45) is 0.276. The van der Waals surface area contributed by atoms with Crippen LogP contribution in [0, 0.1) is 0 Å². The predicted molar refractivity (Wildman–Crippen MR) is 125 cm³/mol. The highest BCUT2D eigenvalue weighted by Crippen LogP contribution is 2.12. The van der Waals surface area contributed by atoms with Crippen molar-refractivity contribution in [1.82, 2.24) is 16.0 Å². The van der Waals surface area contributed by atoms with Crippen molar-refractivity contribution >= 4 is 29.7 Å². The highest BCUT2D eigenvalue weighted by Gasteiger charge is 2.30. The van der Waals surface area contributed by atoms with Crippen LogP contribution in [0.2, 0.25) is 0 Å². The fraction of sp³-hybridized carbons (Fsp3) is 0.500. The van der Waals surface area contributed by atoms with E-state index >= 15 is 0 Å². The van der Waals surface area contributed by atoms with Crippen molar-refractivity contribution in [1.29, 1.82) is 0 Å². The first kappa shape index (κ1) is 30.3. The summed E-state index contributed by atoms with van der Waals surface area (Å²) in [7, 11) is 0. The van der Waals surface area contributed by atoms with Gasteiger partial charge in [0.1, 0.15) is 23.9 Å². The minimum atomic E-state index is -1.56. The summed E-state index contributed by atoms with van der Waals surface area (Å²) in [5, 5.41) is 44.1. The van der Waals surface area contributed by atoms with Crippen molar-refractivity contribution < 1.29 is 44.4 Å². The van der Waals surface area contributed by atoms with Crippen molar-refractivity contribution in [2.45, 2.75) is 56.3 Å². The van der Waals surface area contributed by atoms with E-state index in [2.05, 4.69) is 16.0 Å². The number of carboxylic acid groups (broad SMARTS) is 2. The van der Waals surface area contributed by atoms with Crippen LogP contribution < -0.4 is 27.4 Å². The Morgan fingerprint density at radius 2 is 1.39 bits per heavy atom. The molecule has 4 unspecified atom stereocenters. The van der Waals surface area contributed by atoms with Gasteiger partial charge in [-0.05, 0) is 43.5 Å². The van der Waals surface area contributed by atoms with E-state index in [1.54, 1.807) is 0 Å². The molecule has 1 rings (SSSR count). The van der Waals surface area contributed by atoms with Crippen molar-refractivity contribution in [2.24, 2.45) is 11.5 Å². The number of hydrogen-bond donors (Lipinski definition) is 9. The van der Waals surface area contributed by atoms with E-state index < -0.39 is 66.9 Å². The van der Waals surface area contributed by atoms with Gasteiger partial charge in [-0.15, -0.1) is 0 Å². The average Bonchev–Trinajstić information content (AvgIpc) is 2.81. The number of carbonyl (C=O) groups excluding carboxylic acids is 3.